The van der Waals surface area contributed by atoms with Gasteiger partial charge in [0.25, 0.3) is 5.56 Å². The molecule has 0 fully saturated rings. The zero-order chi connectivity index (χ0) is 19.0. The second kappa shape index (κ2) is 7.34. The number of halogens is 1. The number of primary amides is 1. The van der Waals surface area contributed by atoms with Crippen molar-refractivity contribution in [1.29, 1.82) is 0 Å². The van der Waals surface area contributed by atoms with E-state index in [1.165, 1.54) is 11.3 Å². The molecule has 0 atom stereocenters. The predicted molar refractivity (Wildman–Crippen MR) is 112 cm³/mol. The Balaban J connectivity index is 1.94. The van der Waals surface area contributed by atoms with E-state index in [0.29, 0.717) is 20.4 Å². The second-order valence-electron chi connectivity index (χ2n) is 5.91. The SMILES string of the molecule is NC(=O)CSc1nc2c(sc3ccccc32)c(=O)n1Cc1ccccc1Cl. The van der Waals surface area contributed by atoms with Crippen LogP contribution in [0.3, 0.4) is 0 Å². The first kappa shape index (κ1) is 18.0. The fraction of sp³-hybridized carbons (Fsp3) is 0.105. The third-order valence-electron chi connectivity index (χ3n) is 4.08. The van der Waals surface area contributed by atoms with Crippen LogP contribution in [0.5, 0.6) is 0 Å². The minimum absolute atomic E-state index is 0.0442. The van der Waals surface area contributed by atoms with Gasteiger partial charge in [-0.3, -0.25) is 14.2 Å². The monoisotopic (exact) mass is 415 g/mol. The number of nitrogens with two attached hydrogens (primary N) is 1. The summed E-state index contributed by atoms with van der Waals surface area (Å²) in [5, 5.41) is 1.96. The largest absolute Gasteiger partial charge is 0.369 e. The number of aromatic nitrogens is 2. The van der Waals surface area contributed by atoms with Gasteiger partial charge in [0.15, 0.2) is 5.16 Å². The van der Waals surface area contributed by atoms with Gasteiger partial charge in [-0.05, 0) is 17.7 Å². The van der Waals surface area contributed by atoms with E-state index in [0.717, 1.165) is 27.4 Å². The van der Waals surface area contributed by atoms with E-state index in [2.05, 4.69) is 0 Å². The average Bonchev–Trinajstić information content (AvgIpc) is 3.03. The molecule has 4 rings (SSSR count). The molecule has 0 radical (unpaired) electrons. The van der Waals surface area contributed by atoms with Crippen LogP contribution in [0, 0.1) is 0 Å². The van der Waals surface area contributed by atoms with E-state index >= 15 is 0 Å². The molecule has 5 nitrogen and oxygen atoms in total. The Morgan fingerprint density at radius 3 is 2.70 bits per heavy atom. The van der Waals surface area contributed by atoms with Crippen LogP contribution in [-0.4, -0.2) is 21.2 Å². The molecule has 0 aliphatic rings. The van der Waals surface area contributed by atoms with Crippen LogP contribution in [0.4, 0.5) is 0 Å². The molecule has 2 aromatic carbocycles. The summed E-state index contributed by atoms with van der Waals surface area (Å²) in [4.78, 5) is 29.2. The summed E-state index contributed by atoms with van der Waals surface area (Å²) in [6, 6.07) is 15.1. The van der Waals surface area contributed by atoms with Crippen LogP contribution < -0.4 is 11.3 Å². The van der Waals surface area contributed by atoms with Crippen molar-refractivity contribution in [3.63, 3.8) is 0 Å². The van der Waals surface area contributed by atoms with E-state index in [4.69, 9.17) is 22.3 Å². The molecule has 0 saturated heterocycles. The minimum Gasteiger partial charge on any atom is -0.369 e. The highest BCUT2D eigenvalue weighted by Gasteiger charge is 2.17. The lowest BCUT2D eigenvalue weighted by molar-refractivity contribution is -0.115. The van der Waals surface area contributed by atoms with Crippen molar-refractivity contribution in [1.82, 2.24) is 9.55 Å². The number of carbonyl (C=O) groups excluding carboxylic acids is 1. The van der Waals surface area contributed by atoms with Gasteiger partial charge in [-0.15, -0.1) is 11.3 Å². The number of rotatable bonds is 5. The standard InChI is InChI=1S/C19H14ClN3O2S2/c20-13-7-3-1-5-11(13)9-23-18(25)17-16(22-19(23)26-10-15(21)24)12-6-2-4-8-14(12)27-17/h1-8H,9-10H2,(H2,21,24). The van der Waals surface area contributed by atoms with Crippen molar-refractivity contribution in [3.05, 3.63) is 69.5 Å². The lowest BCUT2D eigenvalue weighted by Gasteiger charge is -2.12. The second-order valence-corrected chi connectivity index (χ2v) is 8.31. The van der Waals surface area contributed by atoms with E-state index in [1.54, 1.807) is 10.6 Å². The molecule has 0 aliphatic carbocycles. The smallest absolute Gasteiger partial charge is 0.272 e. The van der Waals surface area contributed by atoms with Gasteiger partial charge in [0, 0.05) is 15.1 Å². The van der Waals surface area contributed by atoms with Crippen molar-refractivity contribution in [2.24, 2.45) is 5.73 Å². The number of thiophene rings is 1. The van der Waals surface area contributed by atoms with Crippen molar-refractivity contribution in [2.45, 2.75) is 11.7 Å². The number of hydrogen-bond donors (Lipinski definition) is 1. The molecule has 0 spiro atoms. The highest BCUT2D eigenvalue weighted by molar-refractivity contribution is 7.99. The summed E-state index contributed by atoms with van der Waals surface area (Å²) >= 11 is 8.86. The summed E-state index contributed by atoms with van der Waals surface area (Å²) in [7, 11) is 0. The molecule has 27 heavy (non-hydrogen) atoms. The number of hydrogen-bond acceptors (Lipinski definition) is 5. The summed E-state index contributed by atoms with van der Waals surface area (Å²) in [6.07, 6.45) is 0. The normalized spacial score (nSPS) is 11.3. The van der Waals surface area contributed by atoms with Crippen molar-refractivity contribution >= 4 is 60.9 Å². The highest BCUT2D eigenvalue weighted by Crippen LogP contribution is 2.32. The fourth-order valence-corrected chi connectivity index (χ4v) is 4.85. The molecule has 8 heteroatoms. The zero-order valence-corrected chi connectivity index (χ0v) is 16.4. The molecule has 0 saturated carbocycles. The van der Waals surface area contributed by atoms with Crippen LogP contribution in [0.1, 0.15) is 5.56 Å². The molecule has 4 aromatic rings. The van der Waals surface area contributed by atoms with Crippen LogP contribution >= 0.6 is 34.7 Å². The number of amides is 1. The van der Waals surface area contributed by atoms with E-state index < -0.39 is 5.91 Å². The summed E-state index contributed by atoms with van der Waals surface area (Å²) in [5.74, 6) is -0.420. The quantitative estimate of drug-likeness (QED) is 0.396. The summed E-state index contributed by atoms with van der Waals surface area (Å²) < 4.78 is 3.15. The zero-order valence-electron chi connectivity index (χ0n) is 14.0. The van der Waals surface area contributed by atoms with E-state index in [9.17, 15) is 9.59 Å². The lowest BCUT2D eigenvalue weighted by Crippen LogP contribution is -2.24. The van der Waals surface area contributed by atoms with Gasteiger partial charge >= 0.3 is 0 Å². The Bertz CT molecular complexity index is 1230. The van der Waals surface area contributed by atoms with E-state index in [-0.39, 0.29) is 17.9 Å². The third-order valence-corrected chi connectivity index (χ3v) is 6.59. The highest BCUT2D eigenvalue weighted by atomic mass is 35.5. The van der Waals surface area contributed by atoms with Gasteiger partial charge < -0.3 is 5.73 Å². The van der Waals surface area contributed by atoms with Crippen LogP contribution in [0.2, 0.25) is 5.02 Å². The number of nitrogens with zero attached hydrogens (tertiary/aromatic N) is 2. The molecule has 2 aromatic heterocycles. The Hall–Kier alpha value is -2.35. The maximum Gasteiger partial charge on any atom is 0.272 e. The van der Waals surface area contributed by atoms with Gasteiger partial charge in [0.05, 0.1) is 17.8 Å². The first-order chi connectivity index (χ1) is 13.0. The van der Waals surface area contributed by atoms with Gasteiger partial charge in [0.1, 0.15) is 4.70 Å². The fourth-order valence-electron chi connectivity index (χ4n) is 2.84. The third kappa shape index (κ3) is 3.45. The summed E-state index contributed by atoms with van der Waals surface area (Å²) in [6.45, 7) is 0.275. The van der Waals surface area contributed by atoms with Crippen molar-refractivity contribution in [2.75, 3.05) is 5.75 Å². The first-order valence-corrected chi connectivity index (χ1v) is 10.3. The predicted octanol–water partition coefficient (Wildman–Crippen LogP) is 3.89. The summed E-state index contributed by atoms with van der Waals surface area (Å²) in [5.41, 5.74) is 6.61. The number of benzene rings is 2. The number of carbonyl (C=O) groups is 1. The molecule has 0 bridgehead atoms. The van der Waals surface area contributed by atoms with Crippen molar-refractivity contribution in [3.8, 4) is 0 Å². The molecule has 2 heterocycles. The first-order valence-electron chi connectivity index (χ1n) is 8.11. The molecule has 136 valence electrons. The van der Waals surface area contributed by atoms with Crippen LogP contribution in [0.15, 0.2) is 58.5 Å². The van der Waals surface area contributed by atoms with Gasteiger partial charge in [-0.2, -0.15) is 0 Å². The molecular weight excluding hydrogens is 402 g/mol. The van der Waals surface area contributed by atoms with Gasteiger partial charge in [-0.1, -0.05) is 59.8 Å². The van der Waals surface area contributed by atoms with Gasteiger partial charge in [-0.25, -0.2) is 4.98 Å². The van der Waals surface area contributed by atoms with Gasteiger partial charge in [0.2, 0.25) is 5.91 Å². The average molecular weight is 416 g/mol. The van der Waals surface area contributed by atoms with E-state index in [1.807, 2.05) is 42.5 Å². The molecule has 1 amide bonds. The Morgan fingerprint density at radius 1 is 1.19 bits per heavy atom. The molecular formula is C19H14ClN3O2S2. The van der Waals surface area contributed by atoms with Crippen molar-refractivity contribution < 1.29 is 4.79 Å². The lowest BCUT2D eigenvalue weighted by atomic mass is 10.2. The van der Waals surface area contributed by atoms with Crippen LogP contribution in [0.25, 0.3) is 20.3 Å². The number of thioether (sulfide) groups is 1. The van der Waals surface area contributed by atoms with Crippen LogP contribution in [-0.2, 0) is 11.3 Å². The molecule has 0 aliphatic heterocycles. The maximum absolute atomic E-state index is 13.2. The minimum atomic E-state index is -0.464. The maximum atomic E-state index is 13.2. The molecule has 2 N–H and O–H groups in total. The Morgan fingerprint density at radius 2 is 1.93 bits per heavy atom. The molecule has 0 unspecified atom stereocenters. The Labute approximate surface area is 167 Å². The topological polar surface area (TPSA) is 78.0 Å². The number of fused-ring (bicyclic) bond motifs is 3. The Kier molecular flexibility index (Phi) is 4.90.